The number of nitrogens with zero attached hydrogens (tertiary/aromatic N) is 2. The van der Waals surface area contributed by atoms with Gasteiger partial charge in [0.05, 0.1) is 16.6 Å². The number of nitrogens with one attached hydrogen (secondary N) is 1. The molecular weight excluding hydrogens is 283 g/mol. The summed E-state index contributed by atoms with van der Waals surface area (Å²) in [6, 6.07) is 2.89. The molecular formula is C16H21FN4O. The molecule has 0 radical (unpaired) electrons. The number of benzene rings is 1. The molecule has 0 bridgehead atoms. The Bertz CT molecular complexity index is 739. The Kier molecular flexibility index (Phi) is 3.44. The summed E-state index contributed by atoms with van der Waals surface area (Å²) in [6.45, 7) is 7.45. The molecule has 1 aromatic carbocycles. The highest BCUT2D eigenvalue weighted by atomic mass is 19.1. The second kappa shape index (κ2) is 5.05. The summed E-state index contributed by atoms with van der Waals surface area (Å²) >= 11 is 0. The molecule has 2 heterocycles. The van der Waals surface area contributed by atoms with Gasteiger partial charge in [0.1, 0.15) is 17.2 Å². The normalized spacial score (nSPS) is 22.8. The molecule has 1 saturated heterocycles. The van der Waals surface area contributed by atoms with E-state index in [1.54, 1.807) is 0 Å². The monoisotopic (exact) mass is 304 g/mol. The van der Waals surface area contributed by atoms with Gasteiger partial charge in [-0.15, -0.1) is 0 Å². The van der Waals surface area contributed by atoms with Crippen molar-refractivity contribution in [3.8, 4) is 0 Å². The number of aromatic nitrogens is 2. The molecule has 1 aliphatic rings. The number of likely N-dealkylation sites (tertiary alicyclic amines) is 1. The van der Waals surface area contributed by atoms with E-state index < -0.39 is 11.7 Å². The van der Waals surface area contributed by atoms with Crippen LogP contribution in [0.25, 0.3) is 11.0 Å². The van der Waals surface area contributed by atoms with E-state index >= 15 is 0 Å². The molecule has 3 N–H and O–H groups in total. The summed E-state index contributed by atoms with van der Waals surface area (Å²) in [4.78, 5) is 21.7. The van der Waals surface area contributed by atoms with Gasteiger partial charge in [0.15, 0.2) is 0 Å². The SMILES string of the molecule is CC(C)N1CCC[C@@]1(C)c1nc2c(C(N)=O)cc(F)cc2[nH]1. The van der Waals surface area contributed by atoms with Crippen molar-refractivity contribution in [2.24, 2.45) is 5.73 Å². The van der Waals surface area contributed by atoms with Crippen molar-refractivity contribution in [1.29, 1.82) is 0 Å². The number of rotatable bonds is 3. The van der Waals surface area contributed by atoms with Crippen LogP contribution in [-0.2, 0) is 5.54 Å². The van der Waals surface area contributed by atoms with Crippen molar-refractivity contribution < 1.29 is 9.18 Å². The summed E-state index contributed by atoms with van der Waals surface area (Å²) in [5.74, 6) is -0.393. The Labute approximate surface area is 128 Å². The lowest BCUT2D eigenvalue weighted by atomic mass is 9.97. The minimum atomic E-state index is -0.667. The first-order valence-electron chi connectivity index (χ1n) is 7.59. The highest BCUT2D eigenvalue weighted by Crippen LogP contribution is 2.39. The highest BCUT2D eigenvalue weighted by Gasteiger charge is 2.42. The Balaban J connectivity index is 2.17. The molecule has 2 aromatic rings. The summed E-state index contributed by atoms with van der Waals surface area (Å²) in [6.07, 6.45) is 2.06. The quantitative estimate of drug-likeness (QED) is 0.915. The van der Waals surface area contributed by atoms with Crippen LogP contribution in [0.2, 0.25) is 0 Å². The van der Waals surface area contributed by atoms with Gasteiger partial charge in [0.2, 0.25) is 0 Å². The average molecular weight is 304 g/mol. The maximum Gasteiger partial charge on any atom is 0.251 e. The molecule has 1 amide bonds. The fourth-order valence-corrected chi connectivity index (χ4v) is 3.59. The van der Waals surface area contributed by atoms with Crippen LogP contribution >= 0.6 is 0 Å². The number of imidazole rings is 1. The number of carbonyl (C=O) groups excluding carboxylic acids is 1. The summed E-state index contributed by atoms with van der Waals surface area (Å²) in [5, 5.41) is 0. The molecule has 1 atom stereocenters. The fraction of sp³-hybridized carbons (Fsp3) is 0.500. The maximum absolute atomic E-state index is 13.7. The molecule has 5 nitrogen and oxygen atoms in total. The van der Waals surface area contributed by atoms with Crippen LogP contribution in [0.4, 0.5) is 4.39 Å². The second-order valence-electron chi connectivity index (χ2n) is 6.46. The summed E-state index contributed by atoms with van der Waals surface area (Å²) in [7, 11) is 0. The maximum atomic E-state index is 13.7. The van der Waals surface area contributed by atoms with Gasteiger partial charge < -0.3 is 10.7 Å². The lowest BCUT2D eigenvalue weighted by Gasteiger charge is -2.36. The molecule has 0 saturated carbocycles. The summed E-state index contributed by atoms with van der Waals surface area (Å²) in [5.41, 5.74) is 6.19. The Morgan fingerprint density at radius 1 is 1.50 bits per heavy atom. The Morgan fingerprint density at radius 3 is 2.86 bits per heavy atom. The number of amides is 1. The first-order chi connectivity index (χ1) is 10.3. The van der Waals surface area contributed by atoms with E-state index in [9.17, 15) is 9.18 Å². The first kappa shape index (κ1) is 15.0. The van der Waals surface area contributed by atoms with E-state index in [0.29, 0.717) is 17.1 Å². The minimum absolute atomic E-state index is 0.121. The van der Waals surface area contributed by atoms with Crippen LogP contribution in [0, 0.1) is 5.82 Å². The van der Waals surface area contributed by atoms with E-state index in [1.807, 2.05) is 0 Å². The van der Waals surface area contributed by atoms with Gasteiger partial charge in [-0.1, -0.05) is 0 Å². The van der Waals surface area contributed by atoms with Gasteiger partial charge in [0, 0.05) is 6.04 Å². The van der Waals surface area contributed by atoms with Crippen LogP contribution in [-0.4, -0.2) is 33.4 Å². The standard InChI is InChI=1S/C16H21FN4O/c1-9(2)21-6-4-5-16(21,3)15-19-12-8-10(17)7-11(14(18)22)13(12)20-15/h7-9H,4-6H2,1-3H3,(H2,18,22)(H,19,20)/t16-/m0/s1. The number of primary amides is 1. The molecule has 1 fully saturated rings. The van der Waals surface area contributed by atoms with E-state index in [0.717, 1.165) is 31.3 Å². The smallest absolute Gasteiger partial charge is 0.251 e. The number of hydrogen-bond donors (Lipinski definition) is 2. The highest BCUT2D eigenvalue weighted by molar-refractivity contribution is 6.04. The van der Waals surface area contributed by atoms with Crippen LogP contribution < -0.4 is 5.73 Å². The van der Waals surface area contributed by atoms with Crippen LogP contribution in [0.3, 0.4) is 0 Å². The zero-order chi connectivity index (χ0) is 16.1. The molecule has 0 spiro atoms. The van der Waals surface area contributed by atoms with Gasteiger partial charge in [0.25, 0.3) is 5.91 Å². The molecule has 22 heavy (non-hydrogen) atoms. The molecule has 118 valence electrons. The number of carbonyl (C=O) groups is 1. The number of nitrogens with two attached hydrogens (primary N) is 1. The summed E-state index contributed by atoms with van der Waals surface area (Å²) < 4.78 is 13.7. The first-order valence-corrected chi connectivity index (χ1v) is 7.59. The van der Waals surface area contributed by atoms with E-state index in [4.69, 9.17) is 5.73 Å². The van der Waals surface area contributed by atoms with Crippen molar-refractivity contribution >= 4 is 16.9 Å². The molecule has 0 aliphatic carbocycles. The molecule has 3 rings (SSSR count). The second-order valence-corrected chi connectivity index (χ2v) is 6.46. The number of halogens is 1. The third kappa shape index (κ3) is 2.18. The van der Waals surface area contributed by atoms with Gasteiger partial charge in [-0.3, -0.25) is 9.69 Å². The van der Waals surface area contributed by atoms with Crippen LogP contribution in [0.1, 0.15) is 49.8 Å². The van der Waals surface area contributed by atoms with Crippen LogP contribution in [0.5, 0.6) is 0 Å². The van der Waals surface area contributed by atoms with Gasteiger partial charge in [-0.05, 0) is 52.3 Å². The van der Waals surface area contributed by atoms with E-state index in [2.05, 4.69) is 35.6 Å². The number of hydrogen-bond acceptors (Lipinski definition) is 3. The van der Waals surface area contributed by atoms with E-state index in [-0.39, 0.29) is 11.1 Å². The van der Waals surface area contributed by atoms with Gasteiger partial charge in [-0.25, -0.2) is 9.37 Å². The molecule has 1 aliphatic heterocycles. The van der Waals surface area contributed by atoms with Crippen LogP contribution in [0.15, 0.2) is 12.1 Å². The lowest BCUT2D eigenvalue weighted by molar-refractivity contribution is 0.100. The van der Waals surface area contributed by atoms with Gasteiger partial charge in [-0.2, -0.15) is 0 Å². The predicted octanol–water partition coefficient (Wildman–Crippen LogP) is 2.52. The third-order valence-electron chi connectivity index (χ3n) is 4.65. The predicted molar refractivity (Wildman–Crippen MR) is 83.0 cm³/mol. The zero-order valence-electron chi connectivity index (χ0n) is 13.1. The number of aromatic amines is 1. The van der Waals surface area contributed by atoms with Crippen molar-refractivity contribution in [2.75, 3.05) is 6.54 Å². The molecule has 6 heteroatoms. The Morgan fingerprint density at radius 2 is 2.23 bits per heavy atom. The minimum Gasteiger partial charge on any atom is -0.366 e. The number of H-pyrrole nitrogens is 1. The third-order valence-corrected chi connectivity index (χ3v) is 4.65. The zero-order valence-corrected chi connectivity index (χ0v) is 13.1. The van der Waals surface area contributed by atoms with Crippen molar-refractivity contribution in [3.05, 3.63) is 29.3 Å². The van der Waals surface area contributed by atoms with Crippen molar-refractivity contribution in [3.63, 3.8) is 0 Å². The van der Waals surface area contributed by atoms with E-state index in [1.165, 1.54) is 6.07 Å². The van der Waals surface area contributed by atoms with Crippen molar-refractivity contribution in [2.45, 2.75) is 45.2 Å². The van der Waals surface area contributed by atoms with Gasteiger partial charge >= 0.3 is 0 Å². The lowest BCUT2D eigenvalue weighted by Crippen LogP contribution is -2.43. The topological polar surface area (TPSA) is 75.0 Å². The largest absolute Gasteiger partial charge is 0.366 e. The van der Waals surface area contributed by atoms with Crippen molar-refractivity contribution in [1.82, 2.24) is 14.9 Å². The fourth-order valence-electron chi connectivity index (χ4n) is 3.59. The molecule has 0 unspecified atom stereocenters. The number of fused-ring (bicyclic) bond motifs is 1. The average Bonchev–Trinajstić information content (AvgIpc) is 3.01. The molecule has 1 aromatic heterocycles. The Hall–Kier alpha value is -1.95.